The van der Waals surface area contributed by atoms with Gasteiger partial charge >= 0.3 is 0 Å². The van der Waals surface area contributed by atoms with Gasteiger partial charge in [-0.25, -0.2) is 4.39 Å². The van der Waals surface area contributed by atoms with E-state index < -0.39 is 5.82 Å². The monoisotopic (exact) mass is 434 g/mol. The second-order valence-electron chi connectivity index (χ2n) is 7.54. The van der Waals surface area contributed by atoms with Crippen molar-refractivity contribution in [3.05, 3.63) is 66.1 Å². The lowest BCUT2D eigenvalue weighted by molar-refractivity contribution is 0.0945. The quantitative estimate of drug-likeness (QED) is 0.436. The summed E-state index contributed by atoms with van der Waals surface area (Å²) in [5.74, 6) is 0.711. The van der Waals surface area contributed by atoms with Crippen LogP contribution in [0.25, 0.3) is 21.7 Å². The molecule has 1 heterocycles. The number of hydrogen-bond acceptors (Lipinski definition) is 5. The number of nitrogens with zero attached hydrogens (tertiary/aromatic N) is 1. The topological polar surface area (TPSA) is 69.7 Å². The first-order chi connectivity index (χ1) is 15.4. The van der Waals surface area contributed by atoms with Crippen molar-refractivity contribution >= 4 is 27.6 Å². The van der Waals surface area contributed by atoms with Crippen LogP contribution in [-0.2, 0) is 0 Å². The zero-order valence-electron chi connectivity index (χ0n) is 18.2. The Labute approximate surface area is 184 Å². The Bertz CT molecular complexity index is 1320. The van der Waals surface area contributed by atoms with Crippen LogP contribution in [0.1, 0.15) is 24.2 Å². The summed E-state index contributed by atoms with van der Waals surface area (Å²) in [7, 11) is 3.08. The Morgan fingerprint density at radius 1 is 0.906 bits per heavy atom. The molecule has 0 aliphatic heterocycles. The van der Waals surface area contributed by atoms with Gasteiger partial charge in [-0.3, -0.25) is 9.78 Å². The average molecular weight is 434 g/mol. The molecule has 4 aromatic rings. The molecular weight excluding hydrogens is 411 g/mol. The fourth-order valence-corrected chi connectivity index (χ4v) is 3.57. The van der Waals surface area contributed by atoms with Crippen LogP contribution in [0.5, 0.6) is 23.0 Å². The minimum atomic E-state index is -0.549. The fraction of sp³-hybridized carbons (Fsp3) is 0.200. The molecule has 0 bridgehead atoms. The molecule has 0 unspecified atom stereocenters. The number of ether oxygens (including phenoxy) is 3. The summed E-state index contributed by atoms with van der Waals surface area (Å²) in [4.78, 5) is 16.9. The van der Waals surface area contributed by atoms with Gasteiger partial charge in [0.1, 0.15) is 5.75 Å². The van der Waals surface area contributed by atoms with Crippen molar-refractivity contribution in [3.63, 3.8) is 0 Å². The normalized spacial score (nSPS) is 11.1. The van der Waals surface area contributed by atoms with E-state index in [1.165, 1.54) is 13.2 Å². The van der Waals surface area contributed by atoms with Gasteiger partial charge in [0, 0.05) is 34.6 Å². The molecule has 7 heteroatoms. The zero-order chi connectivity index (χ0) is 22.8. The predicted octanol–water partition coefficient (Wildman–Crippen LogP) is 5.47. The number of carbonyl (C=O) groups excluding carboxylic acids is 1. The molecule has 32 heavy (non-hydrogen) atoms. The van der Waals surface area contributed by atoms with Gasteiger partial charge in [-0.2, -0.15) is 0 Å². The van der Waals surface area contributed by atoms with Crippen molar-refractivity contribution in [2.75, 3.05) is 14.2 Å². The summed E-state index contributed by atoms with van der Waals surface area (Å²) >= 11 is 0. The van der Waals surface area contributed by atoms with E-state index in [4.69, 9.17) is 14.2 Å². The number of carbonyl (C=O) groups is 1. The highest BCUT2D eigenvalue weighted by atomic mass is 19.1. The van der Waals surface area contributed by atoms with Crippen molar-refractivity contribution in [1.29, 1.82) is 0 Å². The van der Waals surface area contributed by atoms with Crippen LogP contribution >= 0.6 is 0 Å². The van der Waals surface area contributed by atoms with E-state index in [0.29, 0.717) is 44.5 Å². The van der Waals surface area contributed by atoms with Crippen molar-refractivity contribution < 1.29 is 23.4 Å². The van der Waals surface area contributed by atoms with Crippen LogP contribution in [0.2, 0.25) is 0 Å². The zero-order valence-corrected chi connectivity index (χ0v) is 18.2. The van der Waals surface area contributed by atoms with E-state index in [9.17, 15) is 4.79 Å². The van der Waals surface area contributed by atoms with Crippen LogP contribution in [0.4, 0.5) is 4.39 Å². The first-order valence-electron chi connectivity index (χ1n) is 10.1. The summed E-state index contributed by atoms with van der Waals surface area (Å²) in [5.41, 5.74) is 1.03. The molecular formula is C25H23FN2O4. The molecule has 1 N–H and O–H groups in total. The van der Waals surface area contributed by atoms with Crippen molar-refractivity contribution in [1.82, 2.24) is 10.3 Å². The maximum atomic E-state index is 15.4. The summed E-state index contributed by atoms with van der Waals surface area (Å²) in [6.45, 7) is 3.75. The molecule has 0 aliphatic rings. The van der Waals surface area contributed by atoms with E-state index in [-0.39, 0.29) is 17.7 Å². The SMILES string of the molecule is COc1cc2nccc(Oc3ccc4c(C(=O)NC(C)C)cccc4c3F)c2cc1OC. The lowest BCUT2D eigenvalue weighted by atomic mass is 10.0. The summed E-state index contributed by atoms with van der Waals surface area (Å²) in [6.07, 6.45) is 1.58. The van der Waals surface area contributed by atoms with E-state index in [1.54, 1.807) is 55.8 Å². The molecule has 0 saturated heterocycles. The van der Waals surface area contributed by atoms with Gasteiger partial charge in [0.2, 0.25) is 0 Å². The molecule has 0 atom stereocenters. The van der Waals surface area contributed by atoms with Crippen molar-refractivity contribution in [2.24, 2.45) is 0 Å². The first-order valence-corrected chi connectivity index (χ1v) is 10.1. The van der Waals surface area contributed by atoms with E-state index in [2.05, 4.69) is 10.3 Å². The number of rotatable bonds is 6. The van der Waals surface area contributed by atoms with Gasteiger partial charge in [0.05, 0.1) is 19.7 Å². The Morgan fingerprint density at radius 3 is 2.38 bits per heavy atom. The number of pyridine rings is 1. The first kappa shape index (κ1) is 21.4. The molecule has 6 nitrogen and oxygen atoms in total. The standard InChI is InChI=1S/C25H23FN2O4/c1-14(2)28-25(29)17-7-5-6-16-15(17)8-9-21(24(16)26)32-20-10-11-27-19-13-23(31-4)22(30-3)12-18(19)20/h5-14H,1-4H3,(H,28,29). The Balaban J connectivity index is 1.78. The van der Waals surface area contributed by atoms with Crippen LogP contribution in [-0.4, -0.2) is 31.2 Å². The number of benzene rings is 3. The largest absolute Gasteiger partial charge is 0.493 e. The molecule has 0 spiro atoms. The average Bonchev–Trinajstić information content (AvgIpc) is 2.79. The van der Waals surface area contributed by atoms with Crippen LogP contribution in [0.15, 0.2) is 54.7 Å². The minimum absolute atomic E-state index is 0.0270. The molecule has 0 fully saturated rings. The van der Waals surface area contributed by atoms with Crippen molar-refractivity contribution in [3.8, 4) is 23.0 Å². The van der Waals surface area contributed by atoms with E-state index >= 15 is 4.39 Å². The maximum absolute atomic E-state index is 15.4. The molecule has 0 saturated carbocycles. The second kappa shape index (κ2) is 8.70. The highest BCUT2D eigenvalue weighted by molar-refractivity contribution is 6.07. The van der Waals surface area contributed by atoms with Gasteiger partial charge < -0.3 is 19.5 Å². The van der Waals surface area contributed by atoms with Crippen LogP contribution < -0.4 is 19.5 Å². The van der Waals surface area contributed by atoms with Gasteiger partial charge in [-0.1, -0.05) is 12.1 Å². The van der Waals surface area contributed by atoms with Crippen molar-refractivity contribution in [2.45, 2.75) is 19.9 Å². The van der Waals surface area contributed by atoms with E-state index in [0.717, 1.165) is 0 Å². The van der Waals surface area contributed by atoms with E-state index in [1.807, 2.05) is 13.8 Å². The highest BCUT2D eigenvalue weighted by Gasteiger charge is 2.17. The number of nitrogens with one attached hydrogen (secondary N) is 1. The third-order valence-electron chi connectivity index (χ3n) is 5.05. The van der Waals surface area contributed by atoms with Gasteiger partial charge in [-0.15, -0.1) is 0 Å². The molecule has 1 aromatic heterocycles. The second-order valence-corrected chi connectivity index (χ2v) is 7.54. The maximum Gasteiger partial charge on any atom is 0.252 e. The third-order valence-corrected chi connectivity index (χ3v) is 5.05. The molecule has 0 radical (unpaired) electrons. The number of fused-ring (bicyclic) bond motifs is 2. The van der Waals surface area contributed by atoms with Crippen LogP contribution in [0, 0.1) is 5.82 Å². The number of halogens is 1. The van der Waals surface area contributed by atoms with Gasteiger partial charge in [-0.05, 0) is 49.6 Å². The summed E-state index contributed by atoms with van der Waals surface area (Å²) < 4.78 is 32.1. The minimum Gasteiger partial charge on any atom is -0.493 e. The number of methoxy groups -OCH3 is 2. The number of amides is 1. The molecule has 1 amide bonds. The number of aromatic nitrogens is 1. The fourth-order valence-electron chi connectivity index (χ4n) is 3.57. The van der Waals surface area contributed by atoms with Gasteiger partial charge in [0.25, 0.3) is 5.91 Å². The Hall–Kier alpha value is -3.87. The summed E-state index contributed by atoms with van der Waals surface area (Å²) in [5, 5.41) is 4.31. The number of hydrogen-bond donors (Lipinski definition) is 1. The lowest BCUT2D eigenvalue weighted by Crippen LogP contribution is -2.30. The lowest BCUT2D eigenvalue weighted by Gasteiger charge is -2.14. The predicted molar refractivity (Wildman–Crippen MR) is 121 cm³/mol. The van der Waals surface area contributed by atoms with Crippen LogP contribution in [0.3, 0.4) is 0 Å². The Kier molecular flexibility index (Phi) is 5.81. The smallest absolute Gasteiger partial charge is 0.252 e. The summed E-state index contributed by atoms with van der Waals surface area (Å²) in [6, 6.07) is 13.3. The molecule has 164 valence electrons. The Morgan fingerprint density at radius 2 is 1.66 bits per heavy atom. The highest BCUT2D eigenvalue weighted by Crippen LogP contribution is 2.38. The van der Waals surface area contributed by atoms with Gasteiger partial charge in [0.15, 0.2) is 23.1 Å². The molecule has 3 aromatic carbocycles. The molecule has 0 aliphatic carbocycles. The third kappa shape index (κ3) is 3.89. The molecule has 4 rings (SSSR count).